The number of nitrogen functional groups attached to an aromatic ring is 1. The van der Waals surface area contributed by atoms with Crippen LogP contribution < -0.4 is 5.73 Å². The number of anilines is 1. The Morgan fingerprint density at radius 2 is 2.00 bits per heavy atom. The molecule has 0 amide bonds. The Balaban J connectivity index is 2.03. The molecule has 25 heavy (non-hydrogen) atoms. The van der Waals surface area contributed by atoms with Crippen molar-refractivity contribution in [3.8, 4) is 0 Å². The van der Waals surface area contributed by atoms with Gasteiger partial charge in [-0.1, -0.05) is 28.8 Å². The topological polar surface area (TPSA) is 85.6 Å². The van der Waals surface area contributed by atoms with E-state index in [0.29, 0.717) is 16.9 Å². The molecule has 130 valence electrons. The maximum Gasteiger partial charge on any atom is 0.229 e. The summed E-state index contributed by atoms with van der Waals surface area (Å²) in [5, 5.41) is 4.28. The second-order valence-electron chi connectivity index (χ2n) is 6.01. The number of Topliss-reactive ketones (excluding diaryl/α,β-unsaturated/α-hetero) is 1. The summed E-state index contributed by atoms with van der Waals surface area (Å²) in [6, 6.07) is 7.35. The molecule has 0 unspecified atom stereocenters. The summed E-state index contributed by atoms with van der Waals surface area (Å²) in [7, 11) is 1.66. The van der Waals surface area contributed by atoms with Crippen LogP contribution in [0.25, 0.3) is 0 Å². The van der Waals surface area contributed by atoms with Gasteiger partial charge in [0, 0.05) is 23.3 Å². The number of benzene rings is 1. The SMILES string of the molecule is CN=Cc1cnn(C(=NC2CCCC2)C(=O)c2ccc(Br)cc2)c1N. The largest absolute Gasteiger partial charge is 0.383 e. The molecule has 0 bridgehead atoms. The molecule has 1 aliphatic rings. The first-order chi connectivity index (χ1) is 12.1. The molecule has 1 aromatic heterocycles. The summed E-state index contributed by atoms with van der Waals surface area (Å²) < 4.78 is 2.35. The molecule has 3 rings (SSSR count). The zero-order valence-corrected chi connectivity index (χ0v) is 15.6. The highest BCUT2D eigenvalue weighted by Gasteiger charge is 2.23. The first-order valence-corrected chi connectivity index (χ1v) is 9.03. The van der Waals surface area contributed by atoms with Crippen molar-refractivity contribution < 1.29 is 4.79 Å². The van der Waals surface area contributed by atoms with E-state index in [2.05, 4.69) is 26.0 Å². The fourth-order valence-corrected chi connectivity index (χ4v) is 3.19. The van der Waals surface area contributed by atoms with E-state index >= 15 is 0 Å². The van der Waals surface area contributed by atoms with Crippen LogP contribution in [0.4, 0.5) is 5.82 Å². The molecule has 1 heterocycles. The molecular formula is C18H20BrN5O. The zero-order chi connectivity index (χ0) is 17.8. The van der Waals surface area contributed by atoms with Gasteiger partial charge in [0.15, 0.2) is 5.84 Å². The van der Waals surface area contributed by atoms with Gasteiger partial charge in [-0.25, -0.2) is 0 Å². The number of nitrogens with two attached hydrogens (primary N) is 1. The molecule has 1 fully saturated rings. The maximum absolute atomic E-state index is 13.1. The van der Waals surface area contributed by atoms with Crippen LogP contribution in [0.5, 0.6) is 0 Å². The van der Waals surface area contributed by atoms with E-state index in [1.165, 1.54) is 4.68 Å². The van der Waals surface area contributed by atoms with Gasteiger partial charge in [0.2, 0.25) is 5.78 Å². The molecule has 0 atom stereocenters. The van der Waals surface area contributed by atoms with Gasteiger partial charge in [0.05, 0.1) is 17.8 Å². The number of rotatable bonds is 4. The lowest BCUT2D eigenvalue weighted by Crippen LogP contribution is -2.27. The normalized spacial score (nSPS) is 16.0. The molecule has 0 aliphatic heterocycles. The van der Waals surface area contributed by atoms with E-state index < -0.39 is 0 Å². The van der Waals surface area contributed by atoms with E-state index in [1.54, 1.807) is 31.6 Å². The minimum Gasteiger partial charge on any atom is -0.383 e. The molecule has 1 aliphatic carbocycles. The minimum atomic E-state index is -0.186. The van der Waals surface area contributed by atoms with E-state index in [-0.39, 0.29) is 17.7 Å². The zero-order valence-electron chi connectivity index (χ0n) is 14.0. The number of carbonyl (C=O) groups excluding carboxylic acids is 1. The fourth-order valence-electron chi connectivity index (χ4n) is 2.92. The van der Waals surface area contributed by atoms with Crippen LogP contribution in [-0.2, 0) is 0 Å². The van der Waals surface area contributed by atoms with Crippen molar-refractivity contribution in [1.82, 2.24) is 9.78 Å². The Hall–Kier alpha value is -2.28. The van der Waals surface area contributed by atoms with Crippen molar-refractivity contribution in [3.05, 3.63) is 46.1 Å². The summed E-state index contributed by atoms with van der Waals surface area (Å²) in [4.78, 5) is 21.7. The highest BCUT2D eigenvalue weighted by Crippen LogP contribution is 2.22. The molecule has 0 saturated heterocycles. The summed E-state index contributed by atoms with van der Waals surface area (Å²) in [6.45, 7) is 0. The van der Waals surface area contributed by atoms with Crippen LogP contribution in [0.2, 0.25) is 0 Å². The van der Waals surface area contributed by atoms with Gasteiger partial charge in [0.25, 0.3) is 0 Å². The first kappa shape index (κ1) is 17.5. The fraction of sp³-hybridized carbons (Fsp3) is 0.333. The van der Waals surface area contributed by atoms with Crippen LogP contribution in [-0.4, -0.2) is 40.7 Å². The third-order valence-electron chi connectivity index (χ3n) is 4.24. The van der Waals surface area contributed by atoms with E-state index in [4.69, 9.17) is 10.7 Å². The van der Waals surface area contributed by atoms with Crippen molar-refractivity contribution in [1.29, 1.82) is 0 Å². The van der Waals surface area contributed by atoms with Crippen molar-refractivity contribution in [2.24, 2.45) is 9.98 Å². The number of aromatic nitrogens is 2. The number of aliphatic imine (C=N–C) groups is 2. The molecule has 7 heteroatoms. The lowest BCUT2D eigenvalue weighted by Gasteiger charge is -2.11. The van der Waals surface area contributed by atoms with E-state index in [0.717, 1.165) is 30.2 Å². The lowest BCUT2D eigenvalue weighted by atomic mass is 10.1. The Morgan fingerprint density at radius 1 is 1.32 bits per heavy atom. The molecule has 2 aromatic rings. The molecule has 1 aromatic carbocycles. The Bertz CT molecular complexity index is 816. The van der Waals surface area contributed by atoms with Crippen molar-refractivity contribution >= 4 is 39.6 Å². The summed E-state index contributed by atoms with van der Waals surface area (Å²) in [6.07, 6.45) is 7.47. The first-order valence-electron chi connectivity index (χ1n) is 8.24. The number of carbonyl (C=O) groups is 1. The number of hydrogen-bond donors (Lipinski definition) is 1. The van der Waals surface area contributed by atoms with Gasteiger partial charge in [-0.05, 0) is 37.1 Å². The Morgan fingerprint density at radius 3 is 2.64 bits per heavy atom. The summed E-state index contributed by atoms with van der Waals surface area (Å²) >= 11 is 3.39. The second-order valence-corrected chi connectivity index (χ2v) is 6.93. The lowest BCUT2D eigenvalue weighted by molar-refractivity contribution is 0.106. The van der Waals surface area contributed by atoms with Crippen molar-refractivity contribution in [3.63, 3.8) is 0 Å². The van der Waals surface area contributed by atoms with Crippen molar-refractivity contribution in [2.75, 3.05) is 12.8 Å². The number of nitrogens with zero attached hydrogens (tertiary/aromatic N) is 4. The minimum absolute atomic E-state index is 0.140. The molecule has 1 saturated carbocycles. The molecular weight excluding hydrogens is 382 g/mol. The quantitative estimate of drug-likeness (QED) is 0.484. The molecule has 2 N–H and O–H groups in total. The van der Waals surface area contributed by atoms with E-state index in [9.17, 15) is 4.79 Å². The smallest absolute Gasteiger partial charge is 0.229 e. The average molecular weight is 402 g/mol. The van der Waals surface area contributed by atoms with E-state index in [1.807, 2.05) is 12.1 Å². The monoisotopic (exact) mass is 401 g/mol. The van der Waals surface area contributed by atoms with Crippen LogP contribution in [0.3, 0.4) is 0 Å². The second kappa shape index (κ2) is 7.74. The van der Waals surface area contributed by atoms with Gasteiger partial charge in [0.1, 0.15) is 5.82 Å². The van der Waals surface area contributed by atoms with Gasteiger partial charge >= 0.3 is 0 Å². The van der Waals surface area contributed by atoms with Gasteiger partial charge in [-0.15, -0.1) is 0 Å². The molecule has 6 nitrogen and oxygen atoms in total. The predicted molar refractivity (Wildman–Crippen MR) is 104 cm³/mol. The Kier molecular flexibility index (Phi) is 5.43. The number of hydrogen-bond acceptors (Lipinski definition) is 5. The number of halogens is 1. The summed E-state index contributed by atoms with van der Waals surface area (Å²) in [5.41, 5.74) is 7.40. The maximum atomic E-state index is 13.1. The van der Waals surface area contributed by atoms with Crippen LogP contribution >= 0.6 is 15.9 Å². The van der Waals surface area contributed by atoms with Crippen LogP contribution in [0.15, 0.2) is 44.9 Å². The van der Waals surface area contributed by atoms with Gasteiger partial charge < -0.3 is 5.73 Å². The highest BCUT2D eigenvalue weighted by atomic mass is 79.9. The predicted octanol–water partition coefficient (Wildman–Crippen LogP) is 3.35. The summed E-state index contributed by atoms with van der Waals surface area (Å²) in [5.74, 6) is 0.449. The van der Waals surface area contributed by atoms with Crippen LogP contribution in [0.1, 0.15) is 41.6 Å². The molecule has 0 spiro atoms. The van der Waals surface area contributed by atoms with Crippen LogP contribution in [0, 0.1) is 0 Å². The third-order valence-corrected chi connectivity index (χ3v) is 4.77. The Labute approximate surface area is 155 Å². The van der Waals surface area contributed by atoms with Gasteiger partial charge in [-0.3, -0.25) is 14.8 Å². The standard InChI is InChI=1S/C18H20BrN5O/c1-21-10-13-11-22-24(17(13)20)18(23-15-4-2-3-5-15)16(25)12-6-8-14(19)9-7-12/h6-11,15H,2-5,20H2,1H3. The van der Waals surface area contributed by atoms with Gasteiger partial charge in [-0.2, -0.15) is 9.78 Å². The van der Waals surface area contributed by atoms with Crippen molar-refractivity contribution in [2.45, 2.75) is 31.7 Å². The average Bonchev–Trinajstić information content (AvgIpc) is 3.24. The third kappa shape index (κ3) is 3.87. The number of ketones is 1. The highest BCUT2D eigenvalue weighted by molar-refractivity contribution is 9.10. The molecule has 0 radical (unpaired) electrons.